The fourth-order valence-electron chi connectivity index (χ4n) is 3.64. The van der Waals surface area contributed by atoms with Crippen molar-refractivity contribution in [2.75, 3.05) is 13.1 Å². The van der Waals surface area contributed by atoms with Gasteiger partial charge in [-0.05, 0) is 24.8 Å². The molecule has 0 bridgehead atoms. The molecule has 0 atom stereocenters. The second-order valence-electron chi connectivity index (χ2n) is 8.47. The molecule has 1 aliphatic carbocycles. The molecule has 0 spiro atoms. The van der Waals surface area contributed by atoms with Crippen LogP contribution in [0, 0.1) is 5.92 Å². The summed E-state index contributed by atoms with van der Waals surface area (Å²) in [6.07, 6.45) is 6.29. The van der Waals surface area contributed by atoms with Crippen molar-refractivity contribution < 1.29 is 19.5 Å². The third-order valence-electron chi connectivity index (χ3n) is 5.34. The predicted molar refractivity (Wildman–Crippen MR) is 112 cm³/mol. The molecular formula is C21H25N5O5. The fourth-order valence-corrected chi connectivity index (χ4v) is 3.64. The Labute approximate surface area is 178 Å². The molecule has 10 nitrogen and oxygen atoms in total. The molecule has 3 heterocycles. The highest BCUT2D eigenvalue weighted by atomic mass is 16.3. The van der Waals surface area contributed by atoms with Gasteiger partial charge in [0.15, 0.2) is 11.3 Å². The lowest BCUT2D eigenvalue weighted by Crippen LogP contribution is -2.34. The number of carbonyl (C=O) groups is 3. The fraction of sp³-hybridized carbons (Fsp3) is 0.476. The van der Waals surface area contributed by atoms with Gasteiger partial charge in [0.05, 0.1) is 12.7 Å². The van der Waals surface area contributed by atoms with Crippen LogP contribution >= 0.6 is 0 Å². The maximum absolute atomic E-state index is 13.0. The van der Waals surface area contributed by atoms with Crippen molar-refractivity contribution in [2.45, 2.75) is 45.7 Å². The molecule has 2 amide bonds. The van der Waals surface area contributed by atoms with Gasteiger partial charge in [0.25, 0.3) is 11.5 Å². The molecule has 1 saturated carbocycles. The second kappa shape index (κ2) is 8.01. The van der Waals surface area contributed by atoms with E-state index in [9.17, 15) is 24.3 Å². The van der Waals surface area contributed by atoms with Gasteiger partial charge in [0.1, 0.15) is 5.65 Å². The van der Waals surface area contributed by atoms with Crippen LogP contribution in [0.25, 0.3) is 11.7 Å². The van der Waals surface area contributed by atoms with Crippen LogP contribution < -0.4 is 10.9 Å². The normalized spacial score (nSPS) is 16.7. The third-order valence-corrected chi connectivity index (χ3v) is 5.34. The first-order valence-electron chi connectivity index (χ1n) is 10.4. The Morgan fingerprint density at radius 3 is 2.68 bits per heavy atom. The third kappa shape index (κ3) is 4.10. The van der Waals surface area contributed by atoms with E-state index >= 15 is 0 Å². The highest BCUT2D eigenvalue weighted by Gasteiger charge is 2.30. The summed E-state index contributed by atoms with van der Waals surface area (Å²) < 4.78 is 2.55. The summed E-state index contributed by atoms with van der Waals surface area (Å²) in [5.41, 5.74) is -0.325. The highest BCUT2D eigenvalue weighted by molar-refractivity contribution is 5.98. The minimum absolute atomic E-state index is 0.0189. The van der Waals surface area contributed by atoms with Crippen LogP contribution in [0.15, 0.2) is 17.1 Å². The smallest absolute Gasteiger partial charge is 0.291 e. The van der Waals surface area contributed by atoms with Crippen molar-refractivity contribution >= 4 is 29.3 Å². The monoisotopic (exact) mass is 427 g/mol. The Bertz CT molecular complexity index is 1160. The first-order chi connectivity index (χ1) is 14.8. The molecule has 0 radical (unpaired) electrons. The van der Waals surface area contributed by atoms with E-state index in [-0.39, 0.29) is 35.8 Å². The molecule has 2 fully saturated rings. The van der Waals surface area contributed by atoms with Gasteiger partial charge in [-0.25, -0.2) is 0 Å². The first-order valence-corrected chi connectivity index (χ1v) is 10.4. The standard InChI is InChI=1S/C21H25N5O5/c1-12(2)10-25-19-13(3-6-16(28)24-8-7-15(27)11-24)9-22-26(19)21(31)17(20(25)30)18(29)23-14-4-5-14/h3,6,9,12,14,30H,4-5,7-8,10-11H2,1-2H3,(H,23,29)/b6-3+. The maximum Gasteiger partial charge on any atom is 0.291 e. The number of likely N-dealkylation sites (tertiary alicyclic amines) is 1. The van der Waals surface area contributed by atoms with Crippen LogP contribution in [0.5, 0.6) is 5.88 Å². The molecule has 2 aromatic heterocycles. The number of nitrogens with zero attached hydrogens (tertiary/aromatic N) is 4. The van der Waals surface area contributed by atoms with Gasteiger partial charge >= 0.3 is 0 Å². The number of nitrogens with one attached hydrogen (secondary N) is 1. The Kier molecular flexibility index (Phi) is 5.38. The number of ketones is 1. The van der Waals surface area contributed by atoms with Crippen LogP contribution in [0.1, 0.15) is 49.0 Å². The molecule has 0 unspecified atom stereocenters. The number of Topliss-reactive ketones (excluding diaryl/α,β-unsaturated/α-hetero) is 1. The van der Waals surface area contributed by atoms with Crippen LogP contribution in [0.2, 0.25) is 0 Å². The summed E-state index contributed by atoms with van der Waals surface area (Å²) in [4.78, 5) is 50.8. The minimum atomic E-state index is -0.721. The lowest BCUT2D eigenvalue weighted by molar-refractivity contribution is -0.127. The summed E-state index contributed by atoms with van der Waals surface area (Å²) in [6.45, 7) is 4.70. The van der Waals surface area contributed by atoms with Gasteiger partial charge in [-0.1, -0.05) is 13.8 Å². The zero-order valence-electron chi connectivity index (χ0n) is 17.5. The second-order valence-corrected chi connectivity index (χ2v) is 8.47. The maximum atomic E-state index is 13.0. The van der Waals surface area contributed by atoms with Crippen LogP contribution in [-0.2, 0) is 16.1 Å². The van der Waals surface area contributed by atoms with Gasteiger partial charge in [-0.2, -0.15) is 9.61 Å². The van der Waals surface area contributed by atoms with Gasteiger partial charge < -0.3 is 15.3 Å². The Morgan fingerprint density at radius 2 is 2.06 bits per heavy atom. The van der Waals surface area contributed by atoms with Gasteiger partial charge in [0.2, 0.25) is 11.8 Å². The summed E-state index contributed by atoms with van der Waals surface area (Å²) in [6, 6.07) is 0.0279. The molecular weight excluding hydrogens is 402 g/mol. The van der Waals surface area contributed by atoms with E-state index in [2.05, 4.69) is 10.4 Å². The number of aromatic hydroxyl groups is 1. The Hall–Kier alpha value is -3.43. The molecule has 31 heavy (non-hydrogen) atoms. The summed E-state index contributed by atoms with van der Waals surface area (Å²) >= 11 is 0. The van der Waals surface area contributed by atoms with E-state index < -0.39 is 17.3 Å². The van der Waals surface area contributed by atoms with E-state index in [1.54, 1.807) is 0 Å². The number of rotatable bonds is 6. The zero-order chi connectivity index (χ0) is 22.3. The van der Waals surface area contributed by atoms with Crippen molar-refractivity contribution in [1.29, 1.82) is 0 Å². The average Bonchev–Trinajstić information content (AvgIpc) is 3.24. The van der Waals surface area contributed by atoms with Gasteiger partial charge in [-0.15, -0.1) is 0 Å². The molecule has 2 aliphatic rings. The van der Waals surface area contributed by atoms with E-state index in [1.807, 2.05) is 13.8 Å². The molecule has 0 aromatic carbocycles. The number of carbonyl (C=O) groups excluding carboxylic acids is 3. The van der Waals surface area contributed by atoms with Gasteiger partial charge in [0, 0.05) is 37.2 Å². The Morgan fingerprint density at radius 1 is 1.32 bits per heavy atom. The van der Waals surface area contributed by atoms with Crippen molar-refractivity contribution in [3.05, 3.63) is 33.8 Å². The van der Waals surface area contributed by atoms with E-state index in [4.69, 9.17) is 0 Å². The van der Waals surface area contributed by atoms with Crippen molar-refractivity contribution in [1.82, 2.24) is 24.4 Å². The number of hydrogen-bond acceptors (Lipinski definition) is 6. The first kappa shape index (κ1) is 20.8. The summed E-state index contributed by atoms with van der Waals surface area (Å²) in [5, 5.41) is 17.7. The summed E-state index contributed by atoms with van der Waals surface area (Å²) in [7, 11) is 0. The highest BCUT2D eigenvalue weighted by Crippen LogP contribution is 2.24. The minimum Gasteiger partial charge on any atom is -0.494 e. The van der Waals surface area contributed by atoms with E-state index in [0.29, 0.717) is 30.7 Å². The SMILES string of the molecule is CC(C)Cn1c(O)c(C(=O)NC2CC2)c(=O)n2ncc(/C=C/C(=O)N3CCC(=O)C3)c12. The lowest BCUT2D eigenvalue weighted by atomic mass is 10.2. The Balaban J connectivity index is 1.76. The van der Waals surface area contributed by atoms with Crippen LogP contribution in [0.3, 0.4) is 0 Å². The van der Waals surface area contributed by atoms with Gasteiger partial charge in [-0.3, -0.25) is 23.7 Å². The largest absolute Gasteiger partial charge is 0.494 e. The molecule has 1 saturated heterocycles. The molecule has 164 valence electrons. The van der Waals surface area contributed by atoms with Crippen molar-refractivity contribution in [3.63, 3.8) is 0 Å². The number of fused-ring (bicyclic) bond motifs is 1. The molecule has 2 N–H and O–H groups in total. The molecule has 4 rings (SSSR count). The molecule has 10 heteroatoms. The number of aromatic nitrogens is 3. The zero-order valence-corrected chi connectivity index (χ0v) is 17.5. The predicted octanol–water partition coefficient (Wildman–Crippen LogP) is 0.564. The van der Waals surface area contributed by atoms with Crippen molar-refractivity contribution in [2.24, 2.45) is 5.92 Å². The van der Waals surface area contributed by atoms with E-state index in [1.165, 1.54) is 27.8 Å². The van der Waals surface area contributed by atoms with E-state index in [0.717, 1.165) is 17.4 Å². The lowest BCUT2D eigenvalue weighted by Gasteiger charge is -2.17. The number of hydrogen-bond donors (Lipinski definition) is 2. The van der Waals surface area contributed by atoms with Crippen molar-refractivity contribution in [3.8, 4) is 5.88 Å². The number of amides is 2. The molecule has 1 aliphatic heterocycles. The summed E-state index contributed by atoms with van der Waals surface area (Å²) in [5.74, 6) is -1.24. The molecule has 2 aromatic rings. The average molecular weight is 427 g/mol. The topological polar surface area (TPSA) is 126 Å². The van der Waals surface area contributed by atoms with Crippen LogP contribution in [0.4, 0.5) is 0 Å². The van der Waals surface area contributed by atoms with Crippen LogP contribution in [-0.4, -0.2) is 60.9 Å². The quantitative estimate of drug-likeness (QED) is 0.649.